The maximum absolute atomic E-state index is 5.13. The molecule has 0 N–H and O–H groups in total. The first-order valence-corrected chi connectivity index (χ1v) is 4.15. The second-order valence-electron chi connectivity index (χ2n) is 2.66. The van der Waals surface area contributed by atoms with Gasteiger partial charge in [0.15, 0.2) is 0 Å². The zero-order valence-electron chi connectivity index (χ0n) is 7.99. The topological polar surface area (TPSA) is 18.5 Å². The number of rotatable bonds is 4. The van der Waals surface area contributed by atoms with Gasteiger partial charge in [0.2, 0.25) is 0 Å². The quantitative estimate of drug-likeness (QED) is 0.659. The van der Waals surface area contributed by atoms with Crippen LogP contribution in [0.2, 0.25) is 0 Å². The summed E-state index contributed by atoms with van der Waals surface area (Å²) in [6.45, 7) is 0.505. The second kappa shape index (κ2) is 5.38. The van der Waals surface area contributed by atoms with E-state index in [1.54, 1.807) is 14.2 Å². The van der Waals surface area contributed by atoms with E-state index in [2.05, 4.69) is 0 Å². The highest BCUT2D eigenvalue weighted by atomic mass is 16.5. The molecule has 0 radical (unpaired) electrons. The van der Waals surface area contributed by atoms with Crippen molar-refractivity contribution in [3.63, 3.8) is 0 Å². The highest BCUT2D eigenvalue weighted by Gasteiger charge is 1.94. The molecule has 2 heteroatoms. The van der Waals surface area contributed by atoms with Gasteiger partial charge >= 0.3 is 0 Å². The minimum absolute atomic E-state index is 0.505. The van der Waals surface area contributed by atoms with Crippen molar-refractivity contribution >= 4 is 6.08 Å². The lowest BCUT2D eigenvalue weighted by atomic mass is 10.2. The molecule has 1 aromatic rings. The molecule has 0 aliphatic heterocycles. The Morgan fingerprint density at radius 1 is 1.23 bits per heavy atom. The molecule has 0 unspecified atom stereocenters. The summed E-state index contributed by atoms with van der Waals surface area (Å²) in [7, 11) is 3.30. The lowest BCUT2D eigenvalue weighted by Gasteiger charge is -2.04. The molecular formula is C11H14O2. The summed E-state index contributed by atoms with van der Waals surface area (Å²) in [5, 5.41) is 0. The van der Waals surface area contributed by atoms with Crippen LogP contribution < -0.4 is 0 Å². The van der Waals surface area contributed by atoms with Crippen LogP contribution in [0.5, 0.6) is 0 Å². The summed E-state index contributed by atoms with van der Waals surface area (Å²) in [5.41, 5.74) is 1.12. The number of benzene rings is 1. The number of ether oxygens (including phenoxy) is 2. The van der Waals surface area contributed by atoms with Gasteiger partial charge in [-0.25, -0.2) is 0 Å². The third-order valence-electron chi connectivity index (χ3n) is 1.68. The van der Waals surface area contributed by atoms with Gasteiger partial charge in [-0.3, -0.25) is 0 Å². The first-order chi connectivity index (χ1) is 6.36. The maximum atomic E-state index is 5.13. The van der Waals surface area contributed by atoms with E-state index in [9.17, 15) is 0 Å². The Bertz CT molecular complexity index is 265. The van der Waals surface area contributed by atoms with Gasteiger partial charge < -0.3 is 9.47 Å². The summed E-state index contributed by atoms with van der Waals surface area (Å²) in [6, 6.07) is 10.0. The first-order valence-electron chi connectivity index (χ1n) is 4.15. The van der Waals surface area contributed by atoms with E-state index in [1.807, 2.05) is 36.4 Å². The zero-order chi connectivity index (χ0) is 9.52. The average molecular weight is 178 g/mol. The molecule has 0 aliphatic rings. The molecule has 0 aliphatic carbocycles. The van der Waals surface area contributed by atoms with Crippen molar-refractivity contribution in [1.29, 1.82) is 0 Å². The summed E-state index contributed by atoms with van der Waals surface area (Å²) < 4.78 is 10.1. The molecule has 0 spiro atoms. The molecule has 0 amide bonds. The molecule has 0 aromatic heterocycles. The van der Waals surface area contributed by atoms with E-state index in [-0.39, 0.29) is 0 Å². The van der Waals surface area contributed by atoms with Gasteiger partial charge in [0.05, 0.1) is 7.11 Å². The predicted molar refractivity (Wildman–Crippen MR) is 53.3 cm³/mol. The molecular weight excluding hydrogens is 164 g/mol. The molecule has 0 atom stereocenters. The number of hydrogen-bond acceptors (Lipinski definition) is 2. The molecule has 0 heterocycles. The molecule has 1 rings (SSSR count). The molecule has 1 aromatic carbocycles. The van der Waals surface area contributed by atoms with Gasteiger partial charge in [-0.1, -0.05) is 30.3 Å². The van der Waals surface area contributed by atoms with Crippen molar-refractivity contribution in [2.75, 3.05) is 20.8 Å². The van der Waals surface area contributed by atoms with E-state index >= 15 is 0 Å². The normalized spacial score (nSPS) is 11.4. The lowest BCUT2D eigenvalue weighted by Crippen LogP contribution is -1.96. The molecule has 0 fully saturated rings. The van der Waals surface area contributed by atoms with Crippen LogP contribution in [0, 0.1) is 0 Å². The van der Waals surface area contributed by atoms with Gasteiger partial charge in [0.1, 0.15) is 12.4 Å². The Morgan fingerprint density at radius 2 is 1.92 bits per heavy atom. The van der Waals surface area contributed by atoms with Crippen molar-refractivity contribution in [3.8, 4) is 0 Å². The largest absolute Gasteiger partial charge is 0.499 e. The van der Waals surface area contributed by atoms with E-state index in [0.717, 1.165) is 11.3 Å². The number of methoxy groups -OCH3 is 2. The van der Waals surface area contributed by atoms with Crippen LogP contribution in [0.3, 0.4) is 0 Å². The van der Waals surface area contributed by atoms with E-state index < -0.39 is 0 Å². The van der Waals surface area contributed by atoms with Crippen LogP contribution in [0.25, 0.3) is 6.08 Å². The summed E-state index contributed by atoms with van der Waals surface area (Å²) in [6.07, 6.45) is 1.96. The first kappa shape index (κ1) is 9.81. The van der Waals surface area contributed by atoms with Crippen LogP contribution in [0.4, 0.5) is 0 Å². The standard InChI is InChI=1S/C11H14O2/c1-12-9-11(13-2)8-10-6-4-3-5-7-10/h3-8H,9H2,1-2H3/b11-8-. The summed E-state index contributed by atoms with van der Waals surface area (Å²) in [4.78, 5) is 0. The van der Waals surface area contributed by atoms with Gasteiger partial charge in [0.25, 0.3) is 0 Å². The van der Waals surface area contributed by atoms with Crippen LogP contribution in [0.15, 0.2) is 36.1 Å². The molecule has 0 bridgehead atoms. The maximum Gasteiger partial charge on any atom is 0.122 e. The van der Waals surface area contributed by atoms with Gasteiger partial charge in [-0.15, -0.1) is 0 Å². The fraction of sp³-hybridized carbons (Fsp3) is 0.273. The van der Waals surface area contributed by atoms with Gasteiger partial charge in [0, 0.05) is 7.11 Å². The van der Waals surface area contributed by atoms with Crippen LogP contribution in [-0.2, 0) is 9.47 Å². The summed E-state index contributed by atoms with van der Waals surface area (Å²) in [5.74, 6) is 0.828. The minimum Gasteiger partial charge on any atom is -0.499 e. The van der Waals surface area contributed by atoms with Gasteiger partial charge in [-0.2, -0.15) is 0 Å². The lowest BCUT2D eigenvalue weighted by molar-refractivity contribution is 0.161. The van der Waals surface area contributed by atoms with Crippen molar-refractivity contribution in [1.82, 2.24) is 0 Å². The van der Waals surface area contributed by atoms with Crippen molar-refractivity contribution < 1.29 is 9.47 Å². The second-order valence-corrected chi connectivity index (χ2v) is 2.66. The smallest absolute Gasteiger partial charge is 0.122 e. The zero-order valence-corrected chi connectivity index (χ0v) is 7.99. The fourth-order valence-corrected chi connectivity index (χ4v) is 1.04. The Kier molecular flexibility index (Phi) is 4.06. The highest BCUT2D eigenvalue weighted by Crippen LogP contribution is 2.06. The fourth-order valence-electron chi connectivity index (χ4n) is 1.04. The monoisotopic (exact) mass is 178 g/mol. The minimum atomic E-state index is 0.505. The van der Waals surface area contributed by atoms with E-state index in [1.165, 1.54) is 0 Å². The Hall–Kier alpha value is -1.28. The molecule has 0 saturated heterocycles. The molecule has 70 valence electrons. The predicted octanol–water partition coefficient (Wildman–Crippen LogP) is 2.32. The number of hydrogen-bond donors (Lipinski definition) is 0. The third-order valence-corrected chi connectivity index (χ3v) is 1.68. The van der Waals surface area contributed by atoms with Crippen LogP contribution >= 0.6 is 0 Å². The average Bonchev–Trinajstić information content (AvgIpc) is 2.19. The Labute approximate surface area is 78.8 Å². The third kappa shape index (κ3) is 3.30. The van der Waals surface area contributed by atoms with Crippen molar-refractivity contribution in [3.05, 3.63) is 41.7 Å². The molecule has 13 heavy (non-hydrogen) atoms. The highest BCUT2D eigenvalue weighted by molar-refractivity contribution is 5.51. The van der Waals surface area contributed by atoms with E-state index in [0.29, 0.717) is 6.61 Å². The Morgan fingerprint density at radius 3 is 2.46 bits per heavy atom. The van der Waals surface area contributed by atoms with E-state index in [4.69, 9.17) is 9.47 Å². The van der Waals surface area contributed by atoms with Crippen LogP contribution in [0.1, 0.15) is 5.56 Å². The molecule has 0 saturated carbocycles. The molecule has 2 nitrogen and oxygen atoms in total. The SMILES string of the molecule is COC/C(=C/c1ccccc1)OC. The van der Waals surface area contributed by atoms with Gasteiger partial charge in [-0.05, 0) is 11.6 Å². The van der Waals surface area contributed by atoms with Crippen molar-refractivity contribution in [2.45, 2.75) is 0 Å². The Balaban J connectivity index is 2.73. The van der Waals surface area contributed by atoms with Crippen LogP contribution in [-0.4, -0.2) is 20.8 Å². The summed E-state index contributed by atoms with van der Waals surface area (Å²) >= 11 is 0. The van der Waals surface area contributed by atoms with Crippen molar-refractivity contribution in [2.24, 2.45) is 0 Å².